The van der Waals surface area contributed by atoms with Gasteiger partial charge in [-0.1, -0.05) is 30.3 Å². The summed E-state index contributed by atoms with van der Waals surface area (Å²) < 4.78 is 5.74. The van der Waals surface area contributed by atoms with Gasteiger partial charge in [-0.3, -0.25) is 4.90 Å². The Morgan fingerprint density at radius 1 is 1.29 bits per heavy atom. The van der Waals surface area contributed by atoms with Crippen LogP contribution >= 0.6 is 0 Å². The van der Waals surface area contributed by atoms with Crippen molar-refractivity contribution in [3.05, 3.63) is 35.9 Å². The second kappa shape index (κ2) is 6.74. The van der Waals surface area contributed by atoms with Gasteiger partial charge in [-0.25, -0.2) is 0 Å². The summed E-state index contributed by atoms with van der Waals surface area (Å²) in [6, 6.07) is 10.3. The fraction of sp³-hybridized carbons (Fsp3) is 0.571. The highest BCUT2D eigenvalue weighted by Crippen LogP contribution is 2.15. The van der Waals surface area contributed by atoms with E-state index < -0.39 is 0 Å². The Morgan fingerprint density at radius 3 is 2.88 bits per heavy atom. The average molecular weight is 234 g/mol. The van der Waals surface area contributed by atoms with Crippen molar-refractivity contribution in [2.24, 2.45) is 11.7 Å². The first-order valence-electron chi connectivity index (χ1n) is 6.42. The molecule has 17 heavy (non-hydrogen) atoms. The Balaban J connectivity index is 1.68. The predicted molar refractivity (Wildman–Crippen MR) is 69.4 cm³/mol. The number of benzene rings is 1. The van der Waals surface area contributed by atoms with Crippen molar-refractivity contribution in [3.63, 3.8) is 0 Å². The molecule has 1 aliphatic heterocycles. The maximum Gasteiger partial charge on any atom is 0.0994 e. The van der Waals surface area contributed by atoms with Crippen LogP contribution in [-0.4, -0.2) is 31.3 Å². The lowest BCUT2D eigenvalue weighted by Crippen LogP contribution is -2.39. The third-order valence-electron chi connectivity index (χ3n) is 3.32. The number of hydrogen-bond donors (Lipinski definition) is 1. The Bertz CT molecular complexity index is 315. The number of ether oxygens (including phenoxy) is 1. The van der Waals surface area contributed by atoms with Gasteiger partial charge in [-0.2, -0.15) is 0 Å². The fourth-order valence-electron chi connectivity index (χ4n) is 2.33. The number of piperidine rings is 1. The van der Waals surface area contributed by atoms with Crippen molar-refractivity contribution in [2.75, 3.05) is 26.4 Å². The molecule has 1 aromatic carbocycles. The zero-order chi connectivity index (χ0) is 11.9. The molecule has 0 saturated carbocycles. The molecule has 0 bridgehead atoms. The lowest BCUT2D eigenvalue weighted by molar-refractivity contribution is -0.000885. The highest BCUT2D eigenvalue weighted by atomic mass is 16.5. The number of rotatable bonds is 5. The van der Waals surface area contributed by atoms with E-state index in [1.165, 1.54) is 18.4 Å². The quantitative estimate of drug-likeness (QED) is 0.844. The molecular weight excluding hydrogens is 212 g/mol. The average Bonchev–Trinajstić information content (AvgIpc) is 2.40. The van der Waals surface area contributed by atoms with E-state index in [-0.39, 0.29) is 0 Å². The summed E-state index contributed by atoms with van der Waals surface area (Å²) in [6.45, 7) is 4.46. The molecule has 0 aliphatic carbocycles. The van der Waals surface area contributed by atoms with Gasteiger partial charge in [0.25, 0.3) is 0 Å². The van der Waals surface area contributed by atoms with E-state index in [4.69, 9.17) is 10.5 Å². The number of likely N-dealkylation sites (tertiary alicyclic amines) is 1. The van der Waals surface area contributed by atoms with Crippen LogP contribution in [0.2, 0.25) is 0 Å². The molecule has 0 aromatic heterocycles. The van der Waals surface area contributed by atoms with E-state index >= 15 is 0 Å². The SMILES string of the molecule is NCC1CCCN(COCc2ccccc2)C1. The molecule has 0 spiro atoms. The van der Waals surface area contributed by atoms with Crippen molar-refractivity contribution in [3.8, 4) is 0 Å². The summed E-state index contributed by atoms with van der Waals surface area (Å²) in [5, 5.41) is 0. The molecule has 0 radical (unpaired) electrons. The first kappa shape index (κ1) is 12.6. The van der Waals surface area contributed by atoms with E-state index in [9.17, 15) is 0 Å². The van der Waals surface area contributed by atoms with E-state index in [1.54, 1.807) is 0 Å². The third-order valence-corrected chi connectivity index (χ3v) is 3.32. The Kier molecular flexibility index (Phi) is 4.98. The predicted octanol–water partition coefficient (Wildman–Crippen LogP) is 1.83. The van der Waals surface area contributed by atoms with Crippen LogP contribution in [0.1, 0.15) is 18.4 Å². The van der Waals surface area contributed by atoms with Crippen molar-refractivity contribution >= 4 is 0 Å². The summed E-state index contributed by atoms with van der Waals surface area (Å²) in [5.74, 6) is 0.657. The zero-order valence-corrected chi connectivity index (χ0v) is 10.3. The van der Waals surface area contributed by atoms with Gasteiger partial charge in [0.05, 0.1) is 13.3 Å². The molecule has 3 nitrogen and oxygen atoms in total. The first-order chi connectivity index (χ1) is 8.38. The molecule has 1 atom stereocenters. The normalized spacial score (nSPS) is 21.6. The van der Waals surface area contributed by atoms with Gasteiger partial charge in [-0.05, 0) is 30.9 Å². The summed E-state index contributed by atoms with van der Waals surface area (Å²) >= 11 is 0. The van der Waals surface area contributed by atoms with Crippen molar-refractivity contribution in [1.29, 1.82) is 0 Å². The molecular formula is C14H22N2O. The molecule has 3 heteroatoms. The summed E-state index contributed by atoms with van der Waals surface area (Å²) in [7, 11) is 0. The van der Waals surface area contributed by atoms with Crippen molar-refractivity contribution < 1.29 is 4.74 Å². The van der Waals surface area contributed by atoms with Crippen LogP contribution in [0.15, 0.2) is 30.3 Å². The molecule has 1 unspecified atom stereocenters. The smallest absolute Gasteiger partial charge is 0.0994 e. The lowest BCUT2D eigenvalue weighted by atomic mass is 9.99. The molecule has 1 heterocycles. The van der Waals surface area contributed by atoms with Crippen molar-refractivity contribution in [2.45, 2.75) is 19.4 Å². The van der Waals surface area contributed by atoms with Gasteiger partial charge in [-0.15, -0.1) is 0 Å². The largest absolute Gasteiger partial charge is 0.361 e. The summed E-state index contributed by atoms with van der Waals surface area (Å²) in [4.78, 5) is 2.37. The molecule has 1 aromatic rings. The van der Waals surface area contributed by atoms with E-state index in [0.717, 1.165) is 26.4 Å². The highest BCUT2D eigenvalue weighted by Gasteiger charge is 2.18. The van der Waals surface area contributed by atoms with Gasteiger partial charge in [0.1, 0.15) is 0 Å². The Labute approximate surface area is 104 Å². The summed E-state index contributed by atoms with van der Waals surface area (Å²) in [6.07, 6.45) is 2.52. The molecule has 2 rings (SSSR count). The minimum absolute atomic E-state index is 0.657. The van der Waals surface area contributed by atoms with Crippen LogP contribution in [-0.2, 0) is 11.3 Å². The van der Waals surface area contributed by atoms with Gasteiger partial charge >= 0.3 is 0 Å². The number of hydrogen-bond acceptors (Lipinski definition) is 3. The molecule has 1 fully saturated rings. The molecule has 0 amide bonds. The standard InChI is InChI=1S/C14H22N2O/c15-9-14-7-4-8-16(10-14)12-17-11-13-5-2-1-3-6-13/h1-3,5-6,14H,4,7-12,15H2. The summed E-state index contributed by atoms with van der Waals surface area (Å²) in [5.41, 5.74) is 6.95. The van der Waals surface area contributed by atoms with E-state index in [2.05, 4.69) is 17.0 Å². The van der Waals surface area contributed by atoms with Gasteiger partial charge in [0, 0.05) is 13.1 Å². The Morgan fingerprint density at radius 2 is 2.12 bits per heavy atom. The molecule has 2 N–H and O–H groups in total. The minimum atomic E-state index is 0.657. The second-order valence-corrected chi connectivity index (χ2v) is 4.78. The number of nitrogens with zero attached hydrogens (tertiary/aromatic N) is 1. The van der Waals surface area contributed by atoms with Gasteiger partial charge in [0.2, 0.25) is 0 Å². The maximum atomic E-state index is 5.74. The molecule has 1 aliphatic rings. The van der Waals surface area contributed by atoms with Crippen LogP contribution in [0, 0.1) is 5.92 Å². The van der Waals surface area contributed by atoms with Crippen LogP contribution in [0.3, 0.4) is 0 Å². The van der Waals surface area contributed by atoms with Gasteiger partial charge < -0.3 is 10.5 Å². The van der Waals surface area contributed by atoms with Gasteiger partial charge in [0.15, 0.2) is 0 Å². The first-order valence-corrected chi connectivity index (χ1v) is 6.42. The molecule has 1 saturated heterocycles. The fourth-order valence-corrected chi connectivity index (χ4v) is 2.33. The Hall–Kier alpha value is -0.900. The molecule has 94 valence electrons. The van der Waals surface area contributed by atoms with E-state index in [1.807, 2.05) is 18.2 Å². The highest BCUT2D eigenvalue weighted by molar-refractivity contribution is 5.13. The zero-order valence-electron chi connectivity index (χ0n) is 10.3. The maximum absolute atomic E-state index is 5.74. The minimum Gasteiger partial charge on any atom is -0.361 e. The monoisotopic (exact) mass is 234 g/mol. The van der Waals surface area contributed by atoms with Crippen LogP contribution < -0.4 is 5.73 Å². The lowest BCUT2D eigenvalue weighted by Gasteiger charge is -2.31. The topological polar surface area (TPSA) is 38.5 Å². The van der Waals surface area contributed by atoms with Crippen LogP contribution in [0.5, 0.6) is 0 Å². The van der Waals surface area contributed by atoms with E-state index in [0.29, 0.717) is 12.5 Å². The second-order valence-electron chi connectivity index (χ2n) is 4.78. The van der Waals surface area contributed by atoms with Crippen LogP contribution in [0.4, 0.5) is 0 Å². The number of nitrogens with two attached hydrogens (primary N) is 1. The third kappa shape index (κ3) is 4.11. The van der Waals surface area contributed by atoms with Crippen molar-refractivity contribution in [1.82, 2.24) is 4.90 Å². The van der Waals surface area contributed by atoms with Crippen LogP contribution in [0.25, 0.3) is 0 Å².